The molecule has 3 aliphatic rings. The topological polar surface area (TPSA) is 59.7 Å². The van der Waals surface area contributed by atoms with Crippen molar-refractivity contribution < 1.29 is 31.3 Å². The molecule has 134 valence electrons. The van der Waals surface area contributed by atoms with Crippen LogP contribution in [0, 0.1) is 63.4 Å². The van der Waals surface area contributed by atoms with Crippen LogP contribution < -0.4 is 0 Å². The van der Waals surface area contributed by atoms with Gasteiger partial charge in [-0.15, -0.1) is 0 Å². The van der Waals surface area contributed by atoms with Crippen LogP contribution in [0.3, 0.4) is 0 Å². The Labute approximate surface area is 176 Å². The van der Waals surface area contributed by atoms with E-state index in [2.05, 4.69) is 85.9 Å². The Morgan fingerprint density at radius 2 is 1.38 bits per heavy atom. The first-order chi connectivity index (χ1) is 12.3. The number of allylic oxidation sites excluding steroid dienone is 6. The molecule has 2 saturated carbocycles. The van der Waals surface area contributed by atoms with Gasteiger partial charge >= 0.3 is 33.9 Å². The van der Waals surface area contributed by atoms with Crippen molar-refractivity contribution in [2.75, 3.05) is 0 Å². The number of hydrogen-bond acceptors (Lipinski definition) is 0. The molecule has 0 unspecified atom stereocenters. The minimum atomic E-state index is 0. The van der Waals surface area contributed by atoms with Crippen molar-refractivity contribution in [2.45, 2.75) is 32.1 Å². The summed E-state index contributed by atoms with van der Waals surface area (Å²) in [6.45, 7) is 13.5. The van der Waals surface area contributed by atoms with Crippen LogP contribution in [-0.4, -0.2) is 0 Å². The number of rotatable bonds is 2. The quantitative estimate of drug-likeness (QED) is 0.409. The van der Waals surface area contributed by atoms with E-state index in [1.807, 2.05) is 0 Å². The van der Waals surface area contributed by atoms with Gasteiger partial charge < -0.3 is 0 Å². The van der Waals surface area contributed by atoms with E-state index < -0.39 is 0 Å². The summed E-state index contributed by atoms with van der Waals surface area (Å²) in [5.41, 5.74) is 1.34. The van der Waals surface area contributed by atoms with Crippen molar-refractivity contribution >= 4 is 15.9 Å². The van der Waals surface area contributed by atoms with Crippen LogP contribution in [0.15, 0.2) is 34.4 Å². The van der Waals surface area contributed by atoms with E-state index >= 15 is 0 Å². The second-order valence-electron chi connectivity index (χ2n) is 5.44. The fraction of sp³-hybridized carbons (Fsp3) is 0.286. The van der Waals surface area contributed by atoms with Gasteiger partial charge in [0.05, 0.1) is 0 Å². The molecule has 0 heterocycles. The van der Waals surface area contributed by atoms with Crippen LogP contribution in [0.4, 0.5) is 0 Å². The Kier molecular flexibility index (Phi) is 19.0. The molecule has 0 aliphatic heterocycles. The van der Waals surface area contributed by atoms with Crippen molar-refractivity contribution in [1.29, 1.82) is 0 Å². The van der Waals surface area contributed by atoms with E-state index in [1.54, 1.807) is 0 Å². The molecule has 0 amide bonds. The summed E-state index contributed by atoms with van der Waals surface area (Å²) < 4.78 is 23.7. The largest absolute Gasteiger partial charge is 0 e. The molecular weight excluding hydrogens is 432 g/mol. The maximum atomic E-state index is 7.50. The number of fused-ring (bicyclic) bond motifs is 1. The molecule has 0 spiro atoms. The molecule has 0 aromatic carbocycles. The summed E-state index contributed by atoms with van der Waals surface area (Å²) in [6, 6.07) is 0. The van der Waals surface area contributed by atoms with E-state index in [9.17, 15) is 0 Å². The third-order valence-corrected chi connectivity index (χ3v) is 4.79. The van der Waals surface area contributed by atoms with Gasteiger partial charge in [0.25, 0.3) is 0 Å². The summed E-state index contributed by atoms with van der Waals surface area (Å²) in [5, 5.41) is 0. The van der Waals surface area contributed by atoms with Gasteiger partial charge in [0.1, 0.15) is 0 Å². The Morgan fingerprint density at radius 1 is 0.846 bits per heavy atom. The van der Waals surface area contributed by atoms with Crippen molar-refractivity contribution in [2.24, 2.45) is 5.92 Å². The SMILES string of the molecule is BrC1=CC=C(/C=C/C2CCCCC2)[C]2[CH][CH][CH][CH][C]21.[C-]#[O+].[C-]#[O+].[C-]#[O+].[Cr]. The Morgan fingerprint density at radius 3 is 1.96 bits per heavy atom. The minimum absolute atomic E-state index is 0. The molecule has 6 radical (unpaired) electrons. The molecule has 0 atom stereocenters. The van der Waals surface area contributed by atoms with Gasteiger partial charge in [0.15, 0.2) is 0 Å². The second kappa shape index (κ2) is 17.8. The van der Waals surface area contributed by atoms with Crippen LogP contribution in [-0.2, 0) is 31.3 Å². The van der Waals surface area contributed by atoms with Crippen molar-refractivity contribution in [3.8, 4) is 0 Å². The average molecular weight is 451 g/mol. The Bertz CT molecular complexity index is 511. The summed E-state index contributed by atoms with van der Waals surface area (Å²) in [7, 11) is 0. The van der Waals surface area contributed by atoms with Gasteiger partial charge in [-0.2, -0.15) is 0 Å². The molecule has 3 nitrogen and oxygen atoms in total. The number of hydrogen-bond donors (Lipinski definition) is 0. The first-order valence-corrected chi connectivity index (χ1v) is 8.60. The second-order valence-corrected chi connectivity index (χ2v) is 6.29. The summed E-state index contributed by atoms with van der Waals surface area (Å²) in [4.78, 5) is 0. The van der Waals surface area contributed by atoms with E-state index in [0.717, 1.165) is 5.92 Å². The maximum absolute atomic E-state index is 7.50. The van der Waals surface area contributed by atoms with Gasteiger partial charge in [-0.1, -0.05) is 59.5 Å². The van der Waals surface area contributed by atoms with Crippen molar-refractivity contribution in [3.05, 3.63) is 91.8 Å². The molecule has 3 rings (SSSR count). The third-order valence-electron chi connectivity index (χ3n) is 4.10. The molecule has 0 bridgehead atoms. The summed E-state index contributed by atoms with van der Waals surface area (Å²) in [5.74, 6) is 3.42. The number of halogens is 1. The van der Waals surface area contributed by atoms with Crippen LogP contribution in [0.2, 0.25) is 0 Å². The maximum Gasteiger partial charge on any atom is 0 e. The van der Waals surface area contributed by atoms with Crippen molar-refractivity contribution in [3.63, 3.8) is 0 Å². The van der Waals surface area contributed by atoms with E-state index in [0.29, 0.717) is 0 Å². The Balaban J connectivity index is 0. The molecule has 0 aromatic heterocycles. The zero-order valence-electron chi connectivity index (χ0n) is 14.2. The van der Waals surface area contributed by atoms with Crippen LogP contribution >= 0.6 is 15.9 Å². The van der Waals surface area contributed by atoms with E-state index in [-0.39, 0.29) is 17.4 Å². The van der Waals surface area contributed by atoms with Gasteiger partial charge in [-0.05, 0) is 50.0 Å². The van der Waals surface area contributed by atoms with Gasteiger partial charge in [-0.25, -0.2) is 0 Å². The monoisotopic (exact) mass is 450 g/mol. The molecule has 0 saturated heterocycles. The van der Waals surface area contributed by atoms with Gasteiger partial charge in [0, 0.05) is 33.7 Å². The summed E-state index contributed by atoms with van der Waals surface area (Å²) in [6.07, 6.45) is 24.7. The Hall–Kier alpha value is -0.548. The molecule has 2 fully saturated rings. The predicted molar refractivity (Wildman–Crippen MR) is 96.3 cm³/mol. The predicted octanol–water partition coefficient (Wildman–Crippen LogP) is 5.21. The fourth-order valence-corrected chi connectivity index (χ4v) is 3.48. The first-order valence-electron chi connectivity index (χ1n) is 7.81. The normalized spacial score (nSPS) is 20.1. The molecular formula is C21H19BrCrO3. The zero-order valence-corrected chi connectivity index (χ0v) is 17.1. The summed E-state index contributed by atoms with van der Waals surface area (Å²) >= 11 is 3.63. The van der Waals surface area contributed by atoms with Crippen LogP contribution in [0.25, 0.3) is 0 Å². The smallest absolute Gasteiger partial charge is 0 e. The fourth-order valence-electron chi connectivity index (χ4n) is 3.00. The van der Waals surface area contributed by atoms with E-state index in [4.69, 9.17) is 14.0 Å². The first kappa shape index (κ1) is 27.7. The average Bonchev–Trinajstić information content (AvgIpc) is 2.73. The zero-order chi connectivity index (χ0) is 19.1. The molecule has 0 aromatic rings. The van der Waals surface area contributed by atoms with Crippen LogP contribution in [0.1, 0.15) is 32.1 Å². The molecule has 0 N–H and O–H groups in total. The minimum Gasteiger partial charge on any atom is 0 e. The van der Waals surface area contributed by atoms with E-state index in [1.165, 1.54) is 54.0 Å². The van der Waals surface area contributed by atoms with Crippen LogP contribution in [0.5, 0.6) is 0 Å². The molecule has 26 heavy (non-hydrogen) atoms. The van der Waals surface area contributed by atoms with Gasteiger partial charge in [0.2, 0.25) is 0 Å². The van der Waals surface area contributed by atoms with Crippen molar-refractivity contribution in [1.82, 2.24) is 0 Å². The third kappa shape index (κ3) is 8.90. The van der Waals surface area contributed by atoms with Gasteiger partial charge in [-0.3, -0.25) is 0 Å². The standard InChI is InChI=1S/C18H19Br.3CO.Cr/c19-18-13-12-15(16-8-4-5-9-17(16)18)11-10-14-6-2-1-3-7-14;3*1-2;/h4-5,8-14H,1-3,6-7H2;;;;/b11-10+;;;;. The molecule has 5 heteroatoms. The molecule has 3 aliphatic carbocycles.